The number of nitrogens with one attached hydrogen (secondary N) is 1. The van der Waals surface area contributed by atoms with Gasteiger partial charge in [-0.1, -0.05) is 17.7 Å². The molecule has 4 heteroatoms. The van der Waals surface area contributed by atoms with Crippen LogP contribution in [-0.2, 0) is 0 Å². The van der Waals surface area contributed by atoms with Gasteiger partial charge in [-0.15, -0.1) is 0 Å². The second-order valence-electron chi connectivity index (χ2n) is 4.98. The van der Waals surface area contributed by atoms with E-state index in [0.29, 0.717) is 6.04 Å². The van der Waals surface area contributed by atoms with Crippen molar-refractivity contribution in [3.05, 3.63) is 52.6 Å². The molecule has 3 rings (SSSR count). The molecule has 104 valence electrons. The van der Waals surface area contributed by atoms with Gasteiger partial charge in [-0.05, 0) is 72.7 Å². The smallest absolute Gasteiger partial charge is 0.0576 e. The fourth-order valence-electron chi connectivity index (χ4n) is 2.58. The molecule has 1 aromatic rings. The zero-order valence-corrected chi connectivity index (χ0v) is 12.8. The van der Waals surface area contributed by atoms with E-state index in [1.165, 1.54) is 35.3 Å². The van der Waals surface area contributed by atoms with Crippen molar-refractivity contribution in [3.63, 3.8) is 0 Å². The number of aliphatic imine (C=N–C) groups is 1. The Bertz CT molecular complexity index is 560. The highest BCUT2D eigenvalue weighted by Gasteiger charge is 2.22. The maximum absolute atomic E-state index is 5.91. The summed E-state index contributed by atoms with van der Waals surface area (Å²) in [6, 6.07) is 8.34. The first kappa shape index (κ1) is 13.9. The van der Waals surface area contributed by atoms with Gasteiger partial charge in [0.05, 0.1) is 6.54 Å². The topological polar surface area (TPSA) is 24.4 Å². The van der Waals surface area contributed by atoms with Crippen molar-refractivity contribution in [3.8, 4) is 0 Å². The van der Waals surface area contributed by atoms with E-state index in [1.807, 2.05) is 30.5 Å². The quantitative estimate of drug-likeness (QED) is 0.836. The Hall–Kier alpha value is -1.03. The number of hydrogen-bond donors (Lipinski definition) is 1. The predicted octanol–water partition coefficient (Wildman–Crippen LogP) is 4.43. The number of rotatable bonds is 3. The summed E-state index contributed by atoms with van der Waals surface area (Å²) < 4.78 is 3.59. The Morgan fingerprint density at radius 2 is 2.10 bits per heavy atom. The summed E-state index contributed by atoms with van der Waals surface area (Å²) in [6.07, 6.45) is 9.96. The fourth-order valence-corrected chi connectivity index (χ4v) is 3.51. The third-order valence-electron chi connectivity index (χ3n) is 3.62. The average Bonchev–Trinajstić information content (AvgIpc) is 2.72. The Morgan fingerprint density at radius 3 is 2.95 bits per heavy atom. The monoisotopic (exact) mass is 304 g/mol. The Kier molecular flexibility index (Phi) is 4.61. The summed E-state index contributed by atoms with van der Waals surface area (Å²) in [5.74, 6) is 0. The van der Waals surface area contributed by atoms with Crippen LogP contribution in [0.5, 0.6) is 0 Å². The minimum atomic E-state index is 0.403. The molecule has 0 saturated heterocycles. The maximum atomic E-state index is 5.91. The van der Waals surface area contributed by atoms with Crippen molar-refractivity contribution in [1.82, 2.24) is 4.72 Å². The SMILES string of the molecule is Clc1ccc(SNC2CCCC3=CCN=CC=C32)cc1. The first-order chi connectivity index (χ1) is 9.83. The van der Waals surface area contributed by atoms with Gasteiger partial charge in [0.1, 0.15) is 0 Å². The Balaban J connectivity index is 1.68. The molecule has 0 bridgehead atoms. The number of benzene rings is 1. The second-order valence-corrected chi connectivity index (χ2v) is 6.33. The molecule has 1 aliphatic heterocycles. The van der Waals surface area contributed by atoms with Crippen LogP contribution < -0.4 is 4.72 Å². The lowest BCUT2D eigenvalue weighted by Gasteiger charge is -2.28. The minimum absolute atomic E-state index is 0.403. The summed E-state index contributed by atoms with van der Waals surface area (Å²) in [7, 11) is 0. The molecule has 1 saturated carbocycles. The summed E-state index contributed by atoms with van der Waals surface area (Å²) in [5.41, 5.74) is 2.86. The molecule has 20 heavy (non-hydrogen) atoms. The van der Waals surface area contributed by atoms with Gasteiger partial charge in [-0.3, -0.25) is 9.71 Å². The third kappa shape index (κ3) is 3.35. The molecule has 1 atom stereocenters. The molecule has 0 amide bonds. The van der Waals surface area contributed by atoms with Crippen molar-refractivity contribution in [2.75, 3.05) is 6.54 Å². The van der Waals surface area contributed by atoms with Crippen LogP contribution in [0, 0.1) is 0 Å². The normalized spacial score (nSPS) is 21.8. The van der Waals surface area contributed by atoms with E-state index in [-0.39, 0.29) is 0 Å². The van der Waals surface area contributed by atoms with Crippen LogP contribution in [0.2, 0.25) is 5.02 Å². The number of fused-ring (bicyclic) bond motifs is 1. The molecule has 1 aliphatic carbocycles. The summed E-state index contributed by atoms with van der Waals surface area (Å²) in [5, 5.41) is 0.778. The van der Waals surface area contributed by atoms with E-state index in [1.54, 1.807) is 11.9 Å². The van der Waals surface area contributed by atoms with Crippen LogP contribution >= 0.6 is 23.5 Å². The number of halogens is 1. The molecule has 0 aromatic heterocycles. The highest BCUT2D eigenvalue weighted by atomic mass is 35.5. The summed E-state index contributed by atoms with van der Waals surface area (Å²) >= 11 is 7.59. The molecule has 1 aromatic carbocycles. The van der Waals surface area contributed by atoms with E-state index < -0.39 is 0 Å². The van der Waals surface area contributed by atoms with Crippen molar-refractivity contribution in [2.24, 2.45) is 4.99 Å². The molecule has 1 heterocycles. The van der Waals surface area contributed by atoms with Crippen molar-refractivity contribution >= 4 is 29.8 Å². The number of hydrogen-bond acceptors (Lipinski definition) is 3. The standard InChI is InChI=1S/C16H17ClN2S/c17-13-4-6-14(7-5-13)20-19-16-3-1-2-12-8-10-18-11-9-15(12)16/h4-9,11,16,19H,1-3,10H2. The fraction of sp³-hybridized carbons (Fsp3) is 0.312. The lowest BCUT2D eigenvalue weighted by molar-refractivity contribution is 0.574. The molecule has 1 N–H and O–H groups in total. The lowest BCUT2D eigenvalue weighted by atomic mass is 9.86. The third-order valence-corrected chi connectivity index (χ3v) is 4.78. The van der Waals surface area contributed by atoms with Crippen LogP contribution in [0.15, 0.2) is 57.5 Å². The molecule has 2 nitrogen and oxygen atoms in total. The zero-order chi connectivity index (χ0) is 13.8. The van der Waals surface area contributed by atoms with E-state index in [4.69, 9.17) is 11.6 Å². The molecule has 0 radical (unpaired) electrons. The summed E-state index contributed by atoms with van der Waals surface area (Å²) in [6.45, 7) is 0.812. The van der Waals surface area contributed by atoms with Gasteiger partial charge in [-0.2, -0.15) is 0 Å². The van der Waals surface area contributed by atoms with Gasteiger partial charge in [0.2, 0.25) is 0 Å². The highest BCUT2D eigenvalue weighted by Crippen LogP contribution is 2.31. The minimum Gasteiger partial charge on any atom is -0.289 e. The number of allylic oxidation sites excluding steroid dienone is 1. The largest absolute Gasteiger partial charge is 0.289 e. The molecule has 1 fully saturated rings. The summed E-state index contributed by atoms with van der Waals surface area (Å²) in [4.78, 5) is 5.52. The van der Waals surface area contributed by atoms with Gasteiger partial charge in [-0.25, -0.2) is 0 Å². The highest BCUT2D eigenvalue weighted by molar-refractivity contribution is 7.97. The van der Waals surface area contributed by atoms with Crippen LogP contribution in [0.3, 0.4) is 0 Å². The van der Waals surface area contributed by atoms with Crippen LogP contribution in [0.25, 0.3) is 0 Å². The maximum Gasteiger partial charge on any atom is 0.0576 e. The van der Waals surface area contributed by atoms with E-state index in [0.717, 1.165) is 11.6 Å². The van der Waals surface area contributed by atoms with Gasteiger partial charge in [0, 0.05) is 22.2 Å². The first-order valence-electron chi connectivity index (χ1n) is 6.90. The zero-order valence-electron chi connectivity index (χ0n) is 11.2. The van der Waals surface area contributed by atoms with Crippen LogP contribution in [0.1, 0.15) is 19.3 Å². The van der Waals surface area contributed by atoms with Gasteiger partial charge in [0.15, 0.2) is 0 Å². The Morgan fingerprint density at radius 1 is 1.25 bits per heavy atom. The Labute approximate surface area is 129 Å². The van der Waals surface area contributed by atoms with Crippen molar-refractivity contribution < 1.29 is 0 Å². The van der Waals surface area contributed by atoms with E-state index in [2.05, 4.69) is 21.9 Å². The molecule has 1 unspecified atom stereocenters. The van der Waals surface area contributed by atoms with Crippen LogP contribution in [-0.4, -0.2) is 18.8 Å². The molecule has 0 spiro atoms. The van der Waals surface area contributed by atoms with Gasteiger partial charge >= 0.3 is 0 Å². The predicted molar refractivity (Wildman–Crippen MR) is 87.6 cm³/mol. The van der Waals surface area contributed by atoms with Crippen molar-refractivity contribution in [1.29, 1.82) is 0 Å². The number of nitrogens with zero attached hydrogens (tertiary/aromatic N) is 1. The van der Waals surface area contributed by atoms with Crippen LogP contribution in [0.4, 0.5) is 0 Å². The molecule has 2 aliphatic rings. The van der Waals surface area contributed by atoms with Gasteiger partial charge in [0.25, 0.3) is 0 Å². The average molecular weight is 305 g/mol. The van der Waals surface area contributed by atoms with E-state index >= 15 is 0 Å². The second kappa shape index (κ2) is 6.61. The molecular weight excluding hydrogens is 288 g/mol. The molecular formula is C16H17ClN2S. The van der Waals surface area contributed by atoms with Gasteiger partial charge < -0.3 is 0 Å². The van der Waals surface area contributed by atoms with Crippen molar-refractivity contribution in [2.45, 2.75) is 30.2 Å². The van der Waals surface area contributed by atoms with E-state index in [9.17, 15) is 0 Å². The first-order valence-corrected chi connectivity index (χ1v) is 8.10. The lowest BCUT2D eigenvalue weighted by Crippen LogP contribution is -2.29.